The molecule has 3 aromatic rings. The first-order valence-electron chi connectivity index (χ1n) is 9.18. The molecule has 1 aliphatic carbocycles. The zero-order valence-corrected chi connectivity index (χ0v) is 15.6. The summed E-state index contributed by atoms with van der Waals surface area (Å²) in [6, 6.07) is 7.37. The van der Waals surface area contributed by atoms with E-state index in [2.05, 4.69) is 43.0 Å². The van der Waals surface area contributed by atoms with Gasteiger partial charge in [0, 0.05) is 24.0 Å². The first-order valence-corrected chi connectivity index (χ1v) is 9.18. The molecule has 1 amide bonds. The van der Waals surface area contributed by atoms with E-state index >= 15 is 0 Å². The Kier molecular flexibility index (Phi) is 5.16. The lowest BCUT2D eigenvalue weighted by molar-refractivity contribution is 0.100. The summed E-state index contributed by atoms with van der Waals surface area (Å²) in [4.78, 5) is 22.0. The second kappa shape index (κ2) is 8.07. The number of hydrogen-bond donors (Lipinski definition) is 4. The second-order valence-corrected chi connectivity index (χ2v) is 6.67. The summed E-state index contributed by atoms with van der Waals surface area (Å²) < 4.78 is 0. The van der Waals surface area contributed by atoms with Gasteiger partial charge in [0.25, 0.3) is 5.91 Å². The minimum Gasteiger partial charge on any atom is -0.365 e. The van der Waals surface area contributed by atoms with Gasteiger partial charge in [-0.2, -0.15) is 20.0 Å². The molecule has 2 heterocycles. The molecule has 0 saturated carbocycles. The van der Waals surface area contributed by atoms with Crippen molar-refractivity contribution < 1.29 is 4.79 Å². The van der Waals surface area contributed by atoms with E-state index in [9.17, 15) is 4.79 Å². The summed E-state index contributed by atoms with van der Waals surface area (Å²) >= 11 is 0. The van der Waals surface area contributed by atoms with Gasteiger partial charge >= 0.3 is 0 Å². The van der Waals surface area contributed by atoms with E-state index in [1.807, 2.05) is 24.3 Å². The molecule has 2 aromatic heterocycles. The molecule has 0 unspecified atom stereocenters. The second-order valence-electron chi connectivity index (χ2n) is 6.67. The summed E-state index contributed by atoms with van der Waals surface area (Å²) in [7, 11) is 0. The normalized spacial score (nSPS) is 18.4. The van der Waals surface area contributed by atoms with E-state index < -0.39 is 5.91 Å². The maximum atomic E-state index is 11.8. The first-order chi connectivity index (χ1) is 14.1. The van der Waals surface area contributed by atoms with Crippen LogP contribution < -0.4 is 22.1 Å². The standard InChI is InChI=1S/C19H21N9O/c20-15-6-1-2-7-16(15)26-19-22-11-14(17(21)29)18(27-19)25-12-4-3-5-13(10-12)28-23-8-9-24-28/h1-5,8-11,15-16H,6-7,20H2,(H2,21,29)(H2,22,25,26,27)/t15-,16+/m1/s1. The van der Waals surface area contributed by atoms with Gasteiger partial charge < -0.3 is 22.1 Å². The number of amides is 1. The van der Waals surface area contributed by atoms with E-state index in [4.69, 9.17) is 11.5 Å². The molecule has 10 heteroatoms. The Morgan fingerprint density at radius 1 is 1.17 bits per heavy atom. The van der Waals surface area contributed by atoms with Gasteiger partial charge in [0.15, 0.2) is 0 Å². The van der Waals surface area contributed by atoms with Gasteiger partial charge in [-0.05, 0) is 31.0 Å². The summed E-state index contributed by atoms with van der Waals surface area (Å²) in [5.74, 6) is 0.0555. The molecule has 2 atom stereocenters. The number of aromatic nitrogens is 5. The van der Waals surface area contributed by atoms with Crippen molar-refractivity contribution in [2.45, 2.75) is 24.9 Å². The van der Waals surface area contributed by atoms with Crippen molar-refractivity contribution in [3.05, 3.63) is 60.6 Å². The van der Waals surface area contributed by atoms with E-state index in [0.717, 1.165) is 18.5 Å². The van der Waals surface area contributed by atoms with Crippen LogP contribution in [0.25, 0.3) is 5.69 Å². The molecule has 6 N–H and O–H groups in total. The minimum absolute atomic E-state index is 0.0153. The van der Waals surface area contributed by atoms with Gasteiger partial charge in [-0.25, -0.2) is 4.98 Å². The van der Waals surface area contributed by atoms with Gasteiger partial charge in [-0.1, -0.05) is 18.2 Å². The number of primary amides is 1. The topological polar surface area (TPSA) is 150 Å². The third-order valence-electron chi connectivity index (χ3n) is 4.61. The molecule has 148 valence electrons. The number of nitrogens with two attached hydrogens (primary N) is 2. The van der Waals surface area contributed by atoms with E-state index in [1.165, 1.54) is 11.0 Å². The number of nitrogens with zero attached hydrogens (tertiary/aromatic N) is 5. The van der Waals surface area contributed by atoms with Crippen LogP contribution in [0.5, 0.6) is 0 Å². The molecule has 0 aliphatic heterocycles. The lowest BCUT2D eigenvalue weighted by Crippen LogP contribution is -2.41. The first kappa shape index (κ1) is 18.6. The van der Waals surface area contributed by atoms with Gasteiger partial charge in [0.2, 0.25) is 5.95 Å². The van der Waals surface area contributed by atoms with Crippen molar-refractivity contribution in [1.29, 1.82) is 0 Å². The summed E-state index contributed by atoms with van der Waals surface area (Å²) in [5, 5.41) is 14.6. The van der Waals surface area contributed by atoms with E-state index in [1.54, 1.807) is 12.4 Å². The van der Waals surface area contributed by atoms with Crippen molar-refractivity contribution >= 4 is 23.4 Å². The molecule has 29 heavy (non-hydrogen) atoms. The van der Waals surface area contributed by atoms with Gasteiger partial charge in [0.1, 0.15) is 11.4 Å². The highest BCUT2D eigenvalue weighted by Gasteiger charge is 2.20. The van der Waals surface area contributed by atoms with Crippen LogP contribution in [0.15, 0.2) is 55.0 Å². The Hall–Kier alpha value is -3.79. The van der Waals surface area contributed by atoms with Crippen LogP contribution in [0.3, 0.4) is 0 Å². The highest BCUT2D eigenvalue weighted by Crippen LogP contribution is 2.22. The highest BCUT2D eigenvalue weighted by molar-refractivity contribution is 5.98. The lowest BCUT2D eigenvalue weighted by atomic mass is 9.97. The lowest BCUT2D eigenvalue weighted by Gasteiger charge is -2.26. The van der Waals surface area contributed by atoms with Crippen molar-refractivity contribution in [2.75, 3.05) is 10.6 Å². The Morgan fingerprint density at radius 2 is 1.97 bits per heavy atom. The smallest absolute Gasteiger partial charge is 0.254 e. The van der Waals surface area contributed by atoms with Crippen molar-refractivity contribution in [3.8, 4) is 5.69 Å². The number of carbonyl (C=O) groups excluding carboxylic acids is 1. The van der Waals surface area contributed by atoms with Crippen LogP contribution in [-0.4, -0.2) is 43.0 Å². The predicted molar refractivity (Wildman–Crippen MR) is 109 cm³/mol. The monoisotopic (exact) mass is 391 g/mol. The number of benzene rings is 1. The molecule has 1 aromatic carbocycles. The zero-order chi connectivity index (χ0) is 20.2. The summed E-state index contributed by atoms with van der Waals surface area (Å²) in [5.41, 5.74) is 13.3. The van der Waals surface area contributed by atoms with Crippen LogP contribution in [0.4, 0.5) is 17.5 Å². The number of nitrogens with one attached hydrogen (secondary N) is 2. The third-order valence-corrected chi connectivity index (χ3v) is 4.61. The molecule has 0 fully saturated rings. The summed E-state index contributed by atoms with van der Waals surface area (Å²) in [6.45, 7) is 0. The number of carbonyl (C=O) groups is 1. The molecular weight excluding hydrogens is 370 g/mol. The van der Waals surface area contributed by atoms with Crippen LogP contribution in [0.2, 0.25) is 0 Å². The minimum atomic E-state index is -0.624. The molecule has 4 rings (SSSR count). The highest BCUT2D eigenvalue weighted by atomic mass is 16.1. The predicted octanol–water partition coefficient (Wildman–Crippen LogP) is 1.36. The quantitative estimate of drug-likeness (QED) is 0.460. The largest absolute Gasteiger partial charge is 0.365 e. The molecule has 1 aliphatic rings. The fourth-order valence-corrected chi connectivity index (χ4v) is 3.09. The van der Waals surface area contributed by atoms with Gasteiger partial charge in [-0.15, -0.1) is 0 Å². The van der Waals surface area contributed by atoms with Crippen LogP contribution in [0.1, 0.15) is 23.2 Å². The molecule has 10 nitrogen and oxygen atoms in total. The van der Waals surface area contributed by atoms with Crippen molar-refractivity contribution in [2.24, 2.45) is 11.5 Å². The Morgan fingerprint density at radius 3 is 2.72 bits per heavy atom. The zero-order valence-electron chi connectivity index (χ0n) is 15.6. The fourth-order valence-electron chi connectivity index (χ4n) is 3.09. The SMILES string of the molecule is NC(=O)c1cnc(N[C@H]2CC=CC[C@H]2N)nc1Nc1cccc(-n2nccn2)c1. The average Bonchev–Trinajstić information content (AvgIpc) is 3.25. The third kappa shape index (κ3) is 4.22. The van der Waals surface area contributed by atoms with E-state index in [0.29, 0.717) is 17.5 Å². The molecule has 0 radical (unpaired) electrons. The Labute approximate surface area is 167 Å². The number of hydrogen-bond acceptors (Lipinski definition) is 8. The average molecular weight is 391 g/mol. The van der Waals surface area contributed by atoms with Crippen LogP contribution in [0, 0.1) is 0 Å². The Bertz CT molecular complexity index is 1030. The Balaban J connectivity index is 1.61. The van der Waals surface area contributed by atoms with Crippen LogP contribution in [-0.2, 0) is 0 Å². The maximum Gasteiger partial charge on any atom is 0.254 e. The summed E-state index contributed by atoms with van der Waals surface area (Å²) in [6.07, 6.45) is 10.3. The molecule has 0 spiro atoms. The number of anilines is 3. The molecular formula is C19H21N9O. The molecule has 0 bridgehead atoms. The van der Waals surface area contributed by atoms with Crippen molar-refractivity contribution in [1.82, 2.24) is 25.0 Å². The number of rotatable bonds is 6. The van der Waals surface area contributed by atoms with Gasteiger partial charge in [-0.3, -0.25) is 4.79 Å². The van der Waals surface area contributed by atoms with Crippen molar-refractivity contribution in [3.63, 3.8) is 0 Å². The van der Waals surface area contributed by atoms with Crippen LogP contribution >= 0.6 is 0 Å². The van der Waals surface area contributed by atoms with Gasteiger partial charge in [0.05, 0.1) is 18.1 Å². The fraction of sp³-hybridized carbons (Fsp3) is 0.211. The molecule has 0 saturated heterocycles. The van der Waals surface area contributed by atoms with E-state index in [-0.39, 0.29) is 17.6 Å². The maximum absolute atomic E-state index is 11.8.